The van der Waals surface area contributed by atoms with Crippen LogP contribution < -0.4 is 5.32 Å². The number of hydrogen-bond acceptors (Lipinski definition) is 3. The zero-order valence-electron chi connectivity index (χ0n) is 12.4. The second kappa shape index (κ2) is 6.53. The summed E-state index contributed by atoms with van der Waals surface area (Å²) in [5, 5.41) is 2.40. The third kappa shape index (κ3) is 3.57. The van der Waals surface area contributed by atoms with Gasteiger partial charge in [-0.05, 0) is 32.4 Å². The predicted octanol–water partition coefficient (Wildman–Crippen LogP) is 2.79. The Labute approximate surface area is 117 Å². The minimum atomic E-state index is -3.16. The topological polar surface area (TPSA) is 46.2 Å². The van der Waals surface area contributed by atoms with E-state index in [0.717, 1.165) is 5.56 Å². The maximum Gasteiger partial charge on any atom is 0.157 e. The van der Waals surface area contributed by atoms with E-state index in [-0.39, 0.29) is 17.2 Å². The van der Waals surface area contributed by atoms with Crippen molar-refractivity contribution < 1.29 is 8.42 Å². The molecule has 1 rings (SSSR count). The second-order valence-corrected chi connectivity index (χ2v) is 8.19. The molecule has 0 amide bonds. The van der Waals surface area contributed by atoms with Gasteiger partial charge in [0.2, 0.25) is 0 Å². The largest absolute Gasteiger partial charge is 0.312 e. The highest BCUT2D eigenvalue weighted by atomic mass is 32.2. The molecule has 2 unspecified atom stereocenters. The molecule has 0 saturated heterocycles. The Bertz CT molecular complexity index is 480. The SMILES string of the molecule is CNC(c1ccccc1)C(C(C)C)S(=O)(=O)C(C)C. The van der Waals surface area contributed by atoms with Crippen LogP contribution >= 0.6 is 0 Å². The lowest BCUT2D eigenvalue weighted by atomic mass is 9.96. The van der Waals surface area contributed by atoms with E-state index in [9.17, 15) is 8.42 Å². The molecule has 1 aromatic rings. The number of benzene rings is 1. The lowest BCUT2D eigenvalue weighted by Crippen LogP contribution is -2.42. The van der Waals surface area contributed by atoms with E-state index in [0.29, 0.717) is 0 Å². The highest BCUT2D eigenvalue weighted by Gasteiger charge is 2.37. The normalized spacial score (nSPS) is 15.7. The van der Waals surface area contributed by atoms with Crippen LogP contribution in [-0.4, -0.2) is 26.0 Å². The summed E-state index contributed by atoms with van der Waals surface area (Å²) in [6.45, 7) is 7.45. The fraction of sp³-hybridized carbons (Fsp3) is 0.600. The molecule has 0 bridgehead atoms. The van der Waals surface area contributed by atoms with Gasteiger partial charge in [-0.3, -0.25) is 0 Å². The zero-order valence-corrected chi connectivity index (χ0v) is 13.2. The average Bonchev–Trinajstić information content (AvgIpc) is 2.35. The first-order chi connectivity index (χ1) is 8.82. The molecule has 1 aromatic carbocycles. The van der Waals surface area contributed by atoms with Crippen LogP contribution in [0.4, 0.5) is 0 Å². The summed E-state index contributed by atoms with van der Waals surface area (Å²) in [7, 11) is -1.34. The molecule has 108 valence electrons. The summed E-state index contributed by atoms with van der Waals surface area (Å²) in [6, 6.07) is 9.61. The van der Waals surface area contributed by atoms with E-state index in [2.05, 4.69) is 5.32 Å². The average molecular weight is 283 g/mol. The molecule has 2 atom stereocenters. The minimum Gasteiger partial charge on any atom is -0.312 e. The minimum absolute atomic E-state index is 0.0602. The lowest BCUT2D eigenvalue weighted by Gasteiger charge is -2.31. The van der Waals surface area contributed by atoms with E-state index in [1.807, 2.05) is 51.2 Å². The van der Waals surface area contributed by atoms with Crippen molar-refractivity contribution in [2.24, 2.45) is 5.92 Å². The molecular formula is C15H25NO2S. The van der Waals surface area contributed by atoms with Gasteiger partial charge in [-0.1, -0.05) is 44.2 Å². The van der Waals surface area contributed by atoms with E-state index in [1.165, 1.54) is 0 Å². The summed E-state index contributed by atoms with van der Waals surface area (Å²) in [6.07, 6.45) is 0. The molecule has 19 heavy (non-hydrogen) atoms. The van der Waals surface area contributed by atoms with Gasteiger partial charge in [-0.2, -0.15) is 0 Å². The van der Waals surface area contributed by atoms with Crippen LogP contribution in [0.1, 0.15) is 39.3 Å². The van der Waals surface area contributed by atoms with Crippen molar-refractivity contribution in [3.05, 3.63) is 35.9 Å². The van der Waals surface area contributed by atoms with E-state index >= 15 is 0 Å². The van der Waals surface area contributed by atoms with Gasteiger partial charge in [0.25, 0.3) is 0 Å². The molecule has 3 nitrogen and oxygen atoms in total. The van der Waals surface area contributed by atoms with Crippen LogP contribution in [0.15, 0.2) is 30.3 Å². The molecule has 0 aliphatic rings. The fourth-order valence-electron chi connectivity index (χ4n) is 2.45. The quantitative estimate of drug-likeness (QED) is 0.873. The highest BCUT2D eigenvalue weighted by molar-refractivity contribution is 7.92. The van der Waals surface area contributed by atoms with Crippen LogP contribution in [-0.2, 0) is 9.84 Å². The third-order valence-corrected chi connectivity index (χ3v) is 6.38. The smallest absolute Gasteiger partial charge is 0.157 e. The van der Waals surface area contributed by atoms with Crippen molar-refractivity contribution in [3.63, 3.8) is 0 Å². The van der Waals surface area contributed by atoms with Gasteiger partial charge < -0.3 is 5.32 Å². The summed E-state index contributed by atoms with van der Waals surface area (Å²) in [4.78, 5) is 0. The Morgan fingerprint density at radius 3 is 1.89 bits per heavy atom. The summed E-state index contributed by atoms with van der Waals surface area (Å²) in [5.74, 6) is 0.0602. The molecule has 0 spiro atoms. The van der Waals surface area contributed by atoms with Crippen LogP contribution in [0, 0.1) is 5.92 Å². The Balaban J connectivity index is 3.25. The highest BCUT2D eigenvalue weighted by Crippen LogP contribution is 2.30. The van der Waals surface area contributed by atoms with Gasteiger partial charge in [0.05, 0.1) is 10.5 Å². The van der Waals surface area contributed by atoms with E-state index in [4.69, 9.17) is 0 Å². The monoisotopic (exact) mass is 283 g/mol. The number of hydrogen-bond donors (Lipinski definition) is 1. The Morgan fingerprint density at radius 2 is 1.53 bits per heavy atom. The van der Waals surface area contributed by atoms with Crippen molar-refractivity contribution in [3.8, 4) is 0 Å². The van der Waals surface area contributed by atoms with Gasteiger partial charge in [0, 0.05) is 6.04 Å². The van der Waals surface area contributed by atoms with Crippen molar-refractivity contribution in [2.45, 2.75) is 44.2 Å². The maximum atomic E-state index is 12.6. The standard InChI is InChI=1S/C15H25NO2S/c1-11(2)15(19(17,18)12(3)4)14(16-5)13-9-7-6-8-10-13/h6-12,14-16H,1-5H3. The first-order valence-corrected chi connectivity index (χ1v) is 8.38. The van der Waals surface area contributed by atoms with Crippen molar-refractivity contribution in [1.82, 2.24) is 5.32 Å². The van der Waals surface area contributed by atoms with Crippen molar-refractivity contribution in [2.75, 3.05) is 7.05 Å². The summed E-state index contributed by atoms with van der Waals surface area (Å²) >= 11 is 0. The maximum absolute atomic E-state index is 12.6. The van der Waals surface area contributed by atoms with E-state index < -0.39 is 15.1 Å². The Hall–Kier alpha value is -0.870. The molecule has 1 N–H and O–H groups in total. The second-order valence-electron chi connectivity index (χ2n) is 5.52. The van der Waals surface area contributed by atoms with E-state index in [1.54, 1.807) is 13.8 Å². The first kappa shape index (κ1) is 16.2. The number of rotatable bonds is 6. The lowest BCUT2D eigenvalue weighted by molar-refractivity contribution is 0.439. The molecule has 0 aliphatic carbocycles. The van der Waals surface area contributed by atoms with Crippen LogP contribution in [0.2, 0.25) is 0 Å². The van der Waals surface area contributed by atoms with Gasteiger partial charge in [-0.25, -0.2) is 8.42 Å². The molecule has 0 aliphatic heterocycles. The molecule has 0 fully saturated rings. The van der Waals surface area contributed by atoms with Gasteiger partial charge in [-0.15, -0.1) is 0 Å². The first-order valence-electron chi connectivity index (χ1n) is 6.77. The summed E-state index contributed by atoms with van der Waals surface area (Å²) in [5.41, 5.74) is 1.02. The van der Waals surface area contributed by atoms with Gasteiger partial charge in [0.15, 0.2) is 9.84 Å². The molecule has 0 aromatic heterocycles. The predicted molar refractivity (Wildman–Crippen MR) is 80.9 cm³/mol. The third-order valence-electron chi connectivity index (χ3n) is 3.49. The van der Waals surface area contributed by atoms with Crippen molar-refractivity contribution >= 4 is 9.84 Å². The van der Waals surface area contributed by atoms with Crippen LogP contribution in [0.3, 0.4) is 0 Å². The molecule has 4 heteroatoms. The molecule has 0 heterocycles. The van der Waals surface area contributed by atoms with Gasteiger partial charge in [0.1, 0.15) is 0 Å². The van der Waals surface area contributed by atoms with Crippen molar-refractivity contribution in [1.29, 1.82) is 0 Å². The number of nitrogens with one attached hydrogen (secondary N) is 1. The fourth-order valence-corrected chi connectivity index (χ4v) is 4.51. The molecule has 0 saturated carbocycles. The van der Waals surface area contributed by atoms with Gasteiger partial charge >= 0.3 is 0 Å². The molecule has 0 radical (unpaired) electrons. The Morgan fingerprint density at radius 1 is 1.00 bits per heavy atom. The number of sulfone groups is 1. The van der Waals surface area contributed by atoms with Crippen LogP contribution in [0.5, 0.6) is 0 Å². The van der Waals surface area contributed by atoms with Crippen LogP contribution in [0.25, 0.3) is 0 Å². The molecular weight excluding hydrogens is 258 g/mol. The zero-order chi connectivity index (χ0) is 14.6. The Kier molecular flexibility index (Phi) is 5.56. The summed E-state index contributed by atoms with van der Waals surface area (Å²) < 4.78 is 25.2.